The number of esters is 1. The molecule has 1 aliphatic rings. The van der Waals surface area contributed by atoms with Crippen LogP contribution in [0, 0.1) is 12.5 Å². The Hall–Kier alpha value is -2.00. The van der Waals surface area contributed by atoms with Crippen molar-refractivity contribution in [1.29, 1.82) is 0 Å². The second-order valence-electron chi connectivity index (χ2n) is 13.3. The molecule has 2 rings (SSSR count). The summed E-state index contributed by atoms with van der Waals surface area (Å²) in [5.74, 6) is -2.50. The van der Waals surface area contributed by atoms with Gasteiger partial charge in [-0.15, -0.1) is 11.8 Å². The fourth-order valence-corrected chi connectivity index (χ4v) is 8.16. The summed E-state index contributed by atoms with van der Waals surface area (Å²) in [5, 5.41) is 1.82. The predicted molar refractivity (Wildman–Crippen MR) is 185 cm³/mol. The number of ether oxygens (including phenoxy) is 1. The number of benzene rings is 1. The lowest BCUT2D eigenvalue weighted by Crippen LogP contribution is -2.51. The zero-order valence-electron chi connectivity index (χ0n) is 27.3. The van der Waals surface area contributed by atoms with Gasteiger partial charge in [0.25, 0.3) is 0 Å². The van der Waals surface area contributed by atoms with E-state index in [0.717, 1.165) is 55.9 Å². The number of thiocarbonyl (C=S) groups is 1. The Morgan fingerprint density at radius 3 is 2.07 bits per heavy atom. The van der Waals surface area contributed by atoms with Crippen LogP contribution in [-0.2, 0) is 24.4 Å². The van der Waals surface area contributed by atoms with Crippen LogP contribution < -0.4 is 5.32 Å². The highest BCUT2D eigenvalue weighted by molar-refractivity contribution is 8.24. The molecule has 0 aliphatic heterocycles. The molecule has 1 aromatic rings. The van der Waals surface area contributed by atoms with E-state index in [0.29, 0.717) is 10.6 Å². The van der Waals surface area contributed by atoms with Gasteiger partial charge in [0.05, 0.1) is 31.2 Å². The summed E-state index contributed by atoms with van der Waals surface area (Å²) in [5.41, 5.74) is -1.44. The van der Waals surface area contributed by atoms with E-state index >= 15 is 0 Å². The number of nitrogens with zero attached hydrogens (tertiary/aromatic N) is 1. The van der Waals surface area contributed by atoms with Crippen molar-refractivity contribution in [3.8, 4) is 0 Å². The van der Waals surface area contributed by atoms with Gasteiger partial charge in [-0.1, -0.05) is 94.4 Å². The maximum Gasteiger partial charge on any atom is 0.309 e. The second-order valence-corrected chi connectivity index (χ2v) is 16.5. The Balaban J connectivity index is 2.37. The van der Waals surface area contributed by atoms with E-state index in [4.69, 9.17) is 23.5 Å². The summed E-state index contributed by atoms with van der Waals surface area (Å²) in [6.07, 6.45) is 12.4. The molecule has 0 heterocycles. The molecule has 0 saturated heterocycles. The standard InChI is InChI=1S/C34H52N2O6S3/c1-6-34(4,35-5)24-27(31(38)42-28-21-17-12-10-8-7-9-11-13-18-22-28)23-29(44-32(43)26-19-15-14-16-20-26)30(37)36-33(2,3)25-45(39,40)41/h14-16,19-20,27-29H,6-13,17-18,21-25H2,1-4H3,(H,36,37)(H,39,40,41)/p-1. The van der Waals surface area contributed by atoms with Crippen LogP contribution in [0.25, 0.3) is 4.85 Å². The molecule has 11 heteroatoms. The van der Waals surface area contributed by atoms with Crippen LogP contribution in [0.2, 0.25) is 0 Å². The average molecular weight is 680 g/mol. The fraction of sp³-hybridized carbons (Fsp3) is 0.706. The molecule has 1 aliphatic carbocycles. The van der Waals surface area contributed by atoms with Crippen molar-refractivity contribution in [3.05, 3.63) is 47.3 Å². The number of carbonyl (C=O) groups excluding carboxylic acids is 2. The van der Waals surface area contributed by atoms with Gasteiger partial charge in [-0.2, -0.15) is 0 Å². The smallest absolute Gasteiger partial charge is 0.309 e. The van der Waals surface area contributed by atoms with Crippen molar-refractivity contribution in [3.63, 3.8) is 0 Å². The molecule has 0 radical (unpaired) electrons. The normalized spacial score (nSPS) is 18.6. The minimum atomic E-state index is -4.62. The number of hydrogen-bond acceptors (Lipinski definition) is 8. The van der Waals surface area contributed by atoms with E-state index in [-0.39, 0.29) is 18.9 Å². The highest BCUT2D eigenvalue weighted by atomic mass is 32.2. The first-order chi connectivity index (χ1) is 21.2. The maximum absolute atomic E-state index is 14.0. The third-order valence-corrected chi connectivity index (χ3v) is 11.2. The van der Waals surface area contributed by atoms with Gasteiger partial charge in [0.15, 0.2) is 0 Å². The van der Waals surface area contributed by atoms with Gasteiger partial charge in [-0.25, -0.2) is 15.0 Å². The Morgan fingerprint density at radius 1 is 1.04 bits per heavy atom. The van der Waals surface area contributed by atoms with E-state index < -0.39 is 50.0 Å². The minimum Gasteiger partial charge on any atom is -0.748 e. The molecule has 0 bridgehead atoms. The first kappa shape index (κ1) is 39.2. The summed E-state index contributed by atoms with van der Waals surface area (Å²) in [6, 6.07) is 9.20. The number of carbonyl (C=O) groups is 2. The van der Waals surface area contributed by atoms with Gasteiger partial charge in [0.1, 0.15) is 6.10 Å². The monoisotopic (exact) mass is 679 g/mol. The van der Waals surface area contributed by atoms with Gasteiger partial charge in [-0.05, 0) is 51.5 Å². The molecule has 8 nitrogen and oxygen atoms in total. The molecule has 45 heavy (non-hydrogen) atoms. The minimum absolute atomic E-state index is 0.0420. The summed E-state index contributed by atoms with van der Waals surface area (Å²) >= 11 is 6.81. The van der Waals surface area contributed by atoms with Crippen molar-refractivity contribution in [2.75, 3.05) is 5.75 Å². The van der Waals surface area contributed by atoms with Crippen molar-refractivity contribution in [2.45, 2.75) is 140 Å². The zero-order chi connectivity index (χ0) is 33.5. The highest BCUT2D eigenvalue weighted by Crippen LogP contribution is 2.34. The molecule has 3 unspecified atom stereocenters. The number of rotatable bonds is 13. The summed E-state index contributed by atoms with van der Waals surface area (Å²) < 4.78 is 41.3. The van der Waals surface area contributed by atoms with Crippen LogP contribution in [0.15, 0.2) is 30.3 Å². The molecule has 1 aromatic carbocycles. The topological polar surface area (TPSA) is 117 Å². The van der Waals surface area contributed by atoms with Crippen LogP contribution in [0.5, 0.6) is 0 Å². The van der Waals surface area contributed by atoms with Crippen molar-refractivity contribution in [2.24, 2.45) is 5.92 Å². The molecular weight excluding hydrogens is 629 g/mol. The zero-order valence-corrected chi connectivity index (χ0v) is 29.8. The van der Waals surface area contributed by atoms with Gasteiger partial charge >= 0.3 is 5.97 Å². The number of thioether (sulfide) groups is 1. The SMILES string of the molecule is [C-]#[N+]C(C)(CC)CC(CC(SC(=S)c1ccccc1)C(=O)NC(C)(C)CS(=O)(=O)[O-])C(=O)OC1CCCCCCCCCCC1. The number of nitrogens with one attached hydrogen (secondary N) is 1. The predicted octanol–water partition coefficient (Wildman–Crippen LogP) is 7.60. The Labute approximate surface area is 280 Å². The van der Waals surface area contributed by atoms with Crippen molar-refractivity contribution in [1.82, 2.24) is 5.32 Å². The van der Waals surface area contributed by atoms with Gasteiger partial charge in [0, 0.05) is 25.3 Å². The molecule has 0 spiro atoms. The quantitative estimate of drug-likeness (QED) is 0.0981. The van der Waals surface area contributed by atoms with Gasteiger partial charge < -0.3 is 19.5 Å². The van der Waals surface area contributed by atoms with E-state index in [1.807, 2.05) is 44.2 Å². The van der Waals surface area contributed by atoms with Gasteiger partial charge in [-0.3, -0.25) is 9.59 Å². The number of hydrogen-bond donors (Lipinski definition) is 1. The van der Waals surface area contributed by atoms with Crippen LogP contribution in [-0.4, -0.2) is 57.2 Å². The Bertz CT molecular complexity index is 1240. The van der Waals surface area contributed by atoms with Crippen LogP contribution in [0.3, 0.4) is 0 Å². The first-order valence-corrected chi connectivity index (χ1v) is 19.1. The Kier molecular flexibility index (Phi) is 16.5. The van der Waals surface area contributed by atoms with E-state index in [9.17, 15) is 22.6 Å². The molecule has 1 N–H and O–H groups in total. The summed E-state index contributed by atoms with van der Waals surface area (Å²) in [7, 11) is -4.62. The van der Waals surface area contributed by atoms with E-state index in [1.54, 1.807) is 0 Å². The molecule has 1 fully saturated rings. The van der Waals surface area contributed by atoms with Gasteiger partial charge in [0.2, 0.25) is 11.4 Å². The largest absolute Gasteiger partial charge is 0.748 e. The third-order valence-electron chi connectivity index (χ3n) is 8.44. The van der Waals surface area contributed by atoms with Crippen LogP contribution in [0.4, 0.5) is 0 Å². The first-order valence-electron chi connectivity index (χ1n) is 16.3. The lowest BCUT2D eigenvalue weighted by molar-refractivity contribution is -0.156. The highest BCUT2D eigenvalue weighted by Gasteiger charge is 2.40. The van der Waals surface area contributed by atoms with Crippen molar-refractivity contribution < 1.29 is 27.3 Å². The van der Waals surface area contributed by atoms with E-state index in [1.165, 1.54) is 46.0 Å². The molecule has 1 amide bonds. The lowest BCUT2D eigenvalue weighted by atomic mass is 9.84. The molecule has 252 valence electrons. The maximum atomic E-state index is 14.0. The lowest BCUT2D eigenvalue weighted by Gasteiger charge is -2.31. The summed E-state index contributed by atoms with van der Waals surface area (Å²) in [6.45, 7) is 14.5. The van der Waals surface area contributed by atoms with E-state index in [2.05, 4.69) is 10.2 Å². The molecule has 3 atom stereocenters. The fourth-order valence-electron chi connectivity index (χ4n) is 5.70. The average Bonchev–Trinajstić information content (AvgIpc) is 2.96. The molecule has 0 aromatic heterocycles. The molecule has 1 saturated carbocycles. The van der Waals surface area contributed by atoms with Crippen molar-refractivity contribution >= 4 is 50.2 Å². The molecular formula is C34H51N2O6S3-. The summed E-state index contributed by atoms with van der Waals surface area (Å²) in [4.78, 5) is 31.6. The van der Waals surface area contributed by atoms with Crippen LogP contribution >= 0.6 is 24.0 Å². The number of amides is 1. The Morgan fingerprint density at radius 2 is 1.58 bits per heavy atom. The second kappa shape index (κ2) is 19.0. The van der Waals surface area contributed by atoms with Crippen LogP contribution in [0.1, 0.15) is 123 Å². The third kappa shape index (κ3) is 15.4.